The van der Waals surface area contributed by atoms with Crippen LogP contribution in [0.15, 0.2) is 56.1 Å². The molecule has 0 fully saturated rings. The van der Waals surface area contributed by atoms with Crippen molar-refractivity contribution in [3.8, 4) is 11.4 Å². The molecule has 0 radical (unpaired) electrons. The Morgan fingerprint density at radius 1 is 1.23 bits per heavy atom. The quantitative estimate of drug-likeness (QED) is 0.566. The van der Waals surface area contributed by atoms with Crippen molar-refractivity contribution in [3.05, 3.63) is 58.8 Å². The highest BCUT2D eigenvalue weighted by molar-refractivity contribution is 9.10. The average molecular weight is 420 g/mol. The maximum Gasteiger partial charge on any atom is 0.228 e. The number of benzene rings is 1. The van der Waals surface area contributed by atoms with Gasteiger partial charge in [0.2, 0.25) is 11.7 Å². The monoisotopic (exact) mass is 419 g/mol. The highest BCUT2D eigenvalue weighted by atomic mass is 79.9. The second-order valence-electron chi connectivity index (χ2n) is 6.15. The van der Waals surface area contributed by atoms with Gasteiger partial charge < -0.3 is 14.0 Å². The van der Waals surface area contributed by atoms with E-state index in [0.29, 0.717) is 44.2 Å². The van der Waals surface area contributed by atoms with Gasteiger partial charge in [-0.3, -0.25) is 4.90 Å². The number of nitrogens with zero attached hydrogens (tertiary/aromatic N) is 3. The van der Waals surface area contributed by atoms with E-state index in [2.05, 4.69) is 31.0 Å². The molecule has 2 aromatic heterocycles. The zero-order valence-electron chi connectivity index (χ0n) is 14.6. The predicted octanol–water partition coefficient (Wildman–Crippen LogP) is 3.91. The number of rotatable bonds is 9. The van der Waals surface area contributed by atoms with E-state index in [1.807, 2.05) is 43.3 Å². The Balaban J connectivity index is 1.62. The summed E-state index contributed by atoms with van der Waals surface area (Å²) >= 11 is 3.42. The third kappa shape index (κ3) is 5.27. The number of halogens is 1. The summed E-state index contributed by atoms with van der Waals surface area (Å²) in [6.07, 6.45) is 2.61. The standard InChI is InChI=1S/C19H22BrN3O3/c1-2-16(24)12-23(13-17-4-3-11-25-17)10-9-18-21-19(22-26-18)14-5-7-15(20)8-6-14/h3-8,11,16,24H,2,9-10,12-13H2,1H3/t16-/m0/s1. The van der Waals surface area contributed by atoms with Gasteiger partial charge in [-0.25, -0.2) is 0 Å². The maximum atomic E-state index is 10.0. The topological polar surface area (TPSA) is 75.5 Å². The van der Waals surface area contributed by atoms with Crippen LogP contribution in [0.2, 0.25) is 0 Å². The molecule has 26 heavy (non-hydrogen) atoms. The lowest BCUT2D eigenvalue weighted by Crippen LogP contribution is -2.33. The van der Waals surface area contributed by atoms with Crippen LogP contribution in [0.4, 0.5) is 0 Å². The van der Waals surface area contributed by atoms with Crippen molar-refractivity contribution in [1.29, 1.82) is 0 Å². The Kier molecular flexibility index (Phi) is 6.60. The first-order valence-corrected chi connectivity index (χ1v) is 9.44. The first kappa shape index (κ1) is 18.8. The SMILES string of the molecule is CC[C@H](O)CN(CCc1nc(-c2ccc(Br)cc2)no1)Cc1ccco1. The molecule has 0 amide bonds. The highest BCUT2D eigenvalue weighted by Crippen LogP contribution is 2.19. The number of aliphatic hydroxyl groups is 1. The first-order valence-electron chi connectivity index (χ1n) is 8.65. The summed E-state index contributed by atoms with van der Waals surface area (Å²) in [6, 6.07) is 11.6. The molecule has 1 N–H and O–H groups in total. The summed E-state index contributed by atoms with van der Waals surface area (Å²) in [4.78, 5) is 6.61. The molecule has 0 saturated carbocycles. The van der Waals surface area contributed by atoms with Gasteiger partial charge in [0.1, 0.15) is 5.76 Å². The average Bonchev–Trinajstić information content (AvgIpc) is 3.32. The molecular weight excluding hydrogens is 398 g/mol. The molecule has 6 nitrogen and oxygen atoms in total. The molecule has 0 unspecified atom stereocenters. The van der Waals surface area contributed by atoms with Crippen molar-refractivity contribution in [2.24, 2.45) is 0 Å². The van der Waals surface area contributed by atoms with Crippen LogP contribution in [0.25, 0.3) is 11.4 Å². The minimum Gasteiger partial charge on any atom is -0.468 e. The van der Waals surface area contributed by atoms with Gasteiger partial charge in [0.25, 0.3) is 0 Å². The molecule has 0 aliphatic heterocycles. The van der Waals surface area contributed by atoms with Gasteiger partial charge in [-0.2, -0.15) is 4.98 Å². The number of aromatic nitrogens is 2. The second-order valence-corrected chi connectivity index (χ2v) is 7.06. The largest absolute Gasteiger partial charge is 0.468 e. The molecule has 0 aliphatic carbocycles. The molecule has 7 heteroatoms. The van der Waals surface area contributed by atoms with E-state index in [4.69, 9.17) is 8.94 Å². The van der Waals surface area contributed by atoms with Crippen molar-refractivity contribution in [1.82, 2.24) is 15.0 Å². The molecule has 2 heterocycles. The van der Waals surface area contributed by atoms with Crippen LogP contribution < -0.4 is 0 Å². The molecule has 3 aromatic rings. The second kappa shape index (κ2) is 9.12. The smallest absolute Gasteiger partial charge is 0.228 e. The number of hydrogen-bond donors (Lipinski definition) is 1. The zero-order valence-corrected chi connectivity index (χ0v) is 16.2. The zero-order chi connectivity index (χ0) is 18.4. The fraction of sp³-hybridized carbons (Fsp3) is 0.368. The van der Waals surface area contributed by atoms with Gasteiger partial charge >= 0.3 is 0 Å². The van der Waals surface area contributed by atoms with Crippen molar-refractivity contribution in [2.45, 2.75) is 32.4 Å². The Bertz CT molecular complexity index is 787. The van der Waals surface area contributed by atoms with E-state index in [9.17, 15) is 5.11 Å². The van der Waals surface area contributed by atoms with Crippen LogP contribution in [-0.2, 0) is 13.0 Å². The minimum absolute atomic E-state index is 0.369. The minimum atomic E-state index is -0.369. The van der Waals surface area contributed by atoms with E-state index >= 15 is 0 Å². The highest BCUT2D eigenvalue weighted by Gasteiger charge is 2.15. The molecule has 0 spiro atoms. The van der Waals surface area contributed by atoms with Crippen LogP contribution in [0.5, 0.6) is 0 Å². The summed E-state index contributed by atoms with van der Waals surface area (Å²) in [5.41, 5.74) is 0.914. The van der Waals surface area contributed by atoms with Crippen LogP contribution in [0.3, 0.4) is 0 Å². The Morgan fingerprint density at radius 3 is 2.73 bits per heavy atom. The molecule has 0 saturated heterocycles. The van der Waals surface area contributed by atoms with Gasteiger partial charge in [-0.1, -0.05) is 28.0 Å². The molecular formula is C19H22BrN3O3. The van der Waals surface area contributed by atoms with Gasteiger partial charge in [0.05, 0.1) is 18.9 Å². The molecule has 0 aliphatic rings. The summed E-state index contributed by atoms with van der Waals surface area (Å²) in [5.74, 6) is 2.03. The lowest BCUT2D eigenvalue weighted by molar-refractivity contribution is 0.101. The predicted molar refractivity (Wildman–Crippen MR) is 101 cm³/mol. The van der Waals surface area contributed by atoms with Gasteiger partial charge in [0.15, 0.2) is 0 Å². The fourth-order valence-electron chi connectivity index (χ4n) is 2.61. The lowest BCUT2D eigenvalue weighted by Gasteiger charge is -2.23. The summed E-state index contributed by atoms with van der Waals surface area (Å²) < 4.78 is 11.8. The maximum absolute atomic E-state index is 10.0. The van der Waals surface area contributed by atoms with Crippen LogP contribution >= 0.6 is 15.9 Å². The molecule has 0 bridgehead atoms. The van der Waals surface area contributed by atoms with E-state index in [0.717, 1.165) is 15.8 Å². The Morgan fingerprint density at radius 2 is 2.04 bits per heavy atom. The van der Waals surface area contributed by atoms with Crippen LogP contribution in [0, 0.1) is 0 Å². The van der Waals surface area contributed by atoms with Crippen molar-refractivity contribution >= 4 is 15.9 Å². The number of hydrogen-bond acceptors (Lipinski definition) is 6. The van der Waals surface area contributed by atoms with E-state index in [-0.39, 0.29) is 6.10 Å². The lowest BCUT2D eigenvalue weighted by atomic mass is 10.2. The van der Waals surface area contributed by atoms with E-state index in [1.54, 1.807) is 6.26 Å². The van der Waals surface area contributed by atoms with Crippen LogP contribution in [-0.4, -0.2) is 39.3 Å². The normalized spacial score (nSPS) is 12.6. The molecule has 1 atom stereocenters. The fourth-order valence-corrected chi connectivity index (χ4v) is 2.88. The third-order valence-corrected chi connectivity index (χ3v) is 4.64. The first-order chi connectivity index (χ1) is 12.6. The van der Waals surface area contributed by atoms with Gasteiger partial charge in [-0.15, -0.1) is 0 Å². The molecule has 1 aromatic carbocycles. The van der Waals surface area contributed by atoms with E-state index < -0.39 is 0 Å². The van der Waals surface area contributed by atoms with E-state index in [1.165, 1.54) is 0 Å². The van der Waals surface area contributed by atoms with Crippen molar-refractivity contribution < 1.29 is 14.0 Å². The molecule has 138 valence electrons. The number of furan rings is 1. The molecule has 3 rings (SSSR count). The Labute approximate surface area is 161 Å². The number of aliphatic hydroxyl groups excluding tert-OH is 1. The van der Waals surface area contributed by atoms with Gasteiger partial charge in [-0.05, 0) is 42.8 Å². The Hall–Kier alpha value is -1.96. The van der Waals surface area contributed by atoms with Crippen molar-refractivity contribution in [2.75, 3.05) is 13.1 Å². The van der Waals surface area contributed by atoms with Crippen molar-refractivity contribution in [3.63, 3.8) is 0 Å². The third-order valence-electron chi connectivity index (χ3n) is 4.11. The summed E-state index contributed by atoms with van der Waals surface area (Å²) in [7, 11) is 0. The summed E-state index contributed by atoms with van der Waals surface area (Å²) in [5, 5.41) is 14.1. The van der Waals surface area contributed by atoms with Crippen LogP contribution in [0.1, 0.15) is 25.0 Å². The summed E-state index contributed by atoms with van der Waals surface area (Å²) in [6.45, 7) is 3.88. The van der Waals surface area contributed by atoms with Gasteiger partial charge in [0, 0.05) is 29.5 Å².